The summed E-state index contributed by atoms with van der Waals surface area (Å²) >= 11 is 0. The summed E-state index contributed by atoms with van der Waals surface area (Å²) < 4.78 is 27.8. The first kappa shape index (κ1) is 26.1. The highest BCUT2D eigenvalue weighted by Crippen LogP contribution is 2.25. The lowest BCUT2D eigenvalue weighted by molar-refractivity contribution is 0.0697. The molecular weight excluding hydrogens is 501 g/mol. The van der Waals surface area contributed by atoms with Gasteiger partial charge in [0.15, 0.2) is 11.6 Å². The lowest BCUT2D eigenvalue weighted by Gasteiger charge is -2.31. The number of benzene rings is 2. The fraction of sp³-hybridized carbons (Fsp3) is 0.310. The number of piperidine rings is 1. The summed E-state index contributed by atoms with van der Waals surface area (Å²) in [6, 6.07) is 12.9. The van der Waals surface area contributed by atoms with E-state index in [1.807, 2.05) is 24.6 Å². The van der Waals surface area contributed by atoms with Gasteiger partial charge in [-0.25, -0.2) is 14.2 Å². The van der Waals surface area contributed by atoms with Crippen molar-refractivity contribution in [3.8, 4) is 17.6 Å². The van der Waals surface area contributed by atoms with Crippen molar-refractivity contribution < 1.29 is 23.8 Å². The van der Waals surface area contributed by atoms with Crippen molar-refractivity contribution in [2.45, 2.75) is 39.0 Å². The smallest absolute Gasteiger partial charge is 0.335 e. The van der Waals surface area contributed by atoms with Crippen LogP contribution in [0.1, 0.15) is 45.8 Å². The van der Waals surface area contributed by atoms with E-state index in [1.54, 1.807) is 30.5 Å². The lowest BCUT2D eigenvalue weighted by Crippen LogP contribution is -2.38. The number of rotatable bonds is 8. The molecule has 39 heavy (non-hydrogen) atoms. The predicted molar refractivity (Wildman–Crippen MR) is 141 cm³/mol. The van der Waals surface area contributed by atoms with Gasteiger partial charge in [0.05, 0.1) is 40.5 Å². The summed E-state index contributed by atoms with van der Waals surface area (Å²) in [6.45, 7) is 4.31. The number of fused-ring (bicyclic) bond motifs is 1. The number of hydrogen-bond acceptors (Lipinski definition) is 7. The zero-order valence-electron chi connectivity index (χ0n) is 21.7. The molecule has 2 aromatic heterocycles. The Morgan fingerprint density at radius 3 is 2.72 bits per heavy atom. The molecule has 0 amide bonds. The first-order valence-corrected chi connectivity index (χ1v) is 12.7. The molecule has 9 nitrogen and oxygen atoms in total. The Morgan fingerprint density at radius 2 is 2.00 bits per heavy atom. The number of aromatic carboxylic acids is 1. The number of nitrogens with zero attached hydrogens (tertiary/aromatic N) is 5. The van der Waals surface area contributed by atoms with E-state index in [2.05, 4.69) is 9.88 Å². The van der Waals surface area contributed by atoms with Crippen LogP contribution in [0.4, 0.5) is 4.39 Å². The van der Waals surface area contributed by atoms with Crippen LogP contribution in [0.2, 0.25) is 0 Å². The van der Waals surface area contributed by atoms with Gasteiger partial charge in [-0.15, -0.1) is 0 Å². The maximum absolute atomic E-state index is 14.1. The van der Waals surface area contributed by atoms with Crippen LogP contribution in [0.25, 0.3) is 11.0 Å². The van der Waals surface area contributed by atoms with E-state index in [-0.39, 0.29) is 29.6 Å². The van der Waals surface area contributed by atoms with Crippen LogP contribution >= 0.6 is 0 Å². The summed E-state index contributed by atoms with van der Waals surface area (Å²) in [4.78, 5) is 22.9. The molecule has 1 N–H and O–H groups in total. The van der Waals surface area contributed by atoms with E-state index in [4.69, 9.17) is 19.7 Å². The molecule has 1 fully saturated rings. The number of likely N-dealkylation sites (tertiary alicyclic amines) is 1. The minimum absolute atomic E-state index is 0.0502. The zero-order valence-corrected chi connectivity index (χ0v) is 21.7. The Labute approximate surface area is 225 Å². The molecule has 1 aliphatic heterocycles. The second-order valence-corrected chi connectivity index (χ2v) is 9.67. The topological polar surface area (TPSA) is 114 Å². The van der Waals surface area contributed by atoms with Crippen LogP contribution in [0.15, 0.2) is 48.7 Å². The molecule has 1 aliphatic rings. The van der Waals surface area contributed by atoms with Crippen molar-refractivity contribution >= 4 is 17.0 Å². The van der Waals surface area contributed by atoms with Gasteiger partial charge < -0.3 is 19.1 Å². The standard InChI is InChI=1S/C29H28FN5O4/c1-18-11-20(29(36)37)13-25-28(18)33-27(34(25)2)16-35-9-6-22(7-10-35)39-23-5-8-32-21(14-23)17-38-26-4-3-19(15-31)12-24(26)30/h3-5,8,11-14,22H,6-7,9-10,16-17H2,1-2H3,(H,36,37). The fourth-order valence-corrected chi connectivity index (χ4v) is 4.80. The number of ether oxygens (including phenoxy) is 2. The largest absolute Gasteiger partial charge is 0.490 e. The Balaban J connectivity index is 1.16. The third-order valence-electron chi connectivity index (χ3n) is 6.94. The van der Waals surface area contributed by atoms with Gasteiger partial charge in [-0.1, -0.05) is 0 Å². The quantitative estimate of drug-likeness (QED) is 0.352. The highest BCUT2D eigenvalue weighted by molar-refractivity contribution is 5.93. The first-order chi connectivity index (χ1) is 18.8. The summed E-state index contributed by atoms with van der Waals surface area (Å²) in [5.41, 5.74) is 3.60. The minimum Gasteiger partial charge on any atom is -0.490 e. The average Bonchev–Trinajstić information content (AvgIpc) is 3.24. The maximum atomic E-state index is 14.1. The highest BCUT2D eigenvalue weighted by Gasteiger charge is 2.23. The van der Waals surface area contributed by atoms with Crippen molar-refractivity contribution in [2.75, 3.05) is 13.1 Å². The first-order valence-electron chi connectivity index (χ1n) is 12.7. The molecule has 0 saturated carbocycles. The Kier molecular flexibility index (Phi) is 7.43. The SMILES string of the molecule is Cc1cc(C(=O)O)cc2c1nc(CN1CCC(Oc3ccnc(COc4ccc(C#N)cc4F)c3)CC1)n2C. The van der Waals surface area contributed by atoms with Crippen LogP contribution in [0.5, 0.6) is 11.5 Å². The Hall–Kier alpha value is -4.49. The van der Waals surface area contributed by atoms with Crippen molar-refractivity contribution in [1.29, 1.82) is 5.26 Å². The van der Waals surface area contributed by atoms with Crippen LogP contribution in [0, 0.1) is 24.1 Å². The van der Waals surface area contributed by atoms with Gasteiger partial charge >= 0.3 is 5.97 Å². The number of carboxylic acids is 1. The number of aromatic nitrogens is 3. The molecule has 10 heteroatoms. The van der Waals surface area contributed by atoms with Gasteiger partial charge in [-0.2, -0.15) is 5.26 Å². The molecule has 0 unspecified atom stereocenters. The van der Waals surface area contributed by atoms with E-state index in [0.717, 1.165) is 54.4 Å². The normalized spacial score (nSPS) is 14.3. The minimum atomic E-state index is -0.945. The molecule has 0 bridgehead atoms. The number of carboxylic acid groups (broad SMARTS) is 1. The number of aryl methyl sites for hydroxylation is 2. The number of carbonyl (C=O) groups is 1. The molecular formula is C29H28FN5O4. The highest BCUT2D eigenvalue weighted by atomic mass is 19.1. The van der Waals surface area contributed by atoms with E-state index in [0.29, 0.717) is 18.0 Å². The number of halogens is 1. The molecule has 0 spiro atoms. The monoisotopic (exact) mass is 529 g/mol. The zero-order chi connectivity index (χ0) is 27.5. The van der Waals surface area contributed by atoms with E-state index < -0.39 is 11.8 Å². The molecule has 3 heterocycles. The van der Waals surface area contributed by atoms with Crippen LogP contribution in [-0.2, 0) is 20.2 Å². The molecule has 5 rings (SSSR count). The number of hydrogen-bond donors (Lipinski definition) is 1. The third-order valence-corrected chi connectivity index (χ3v) is 6.94. The van der Waals surface area contributed by atoms with Gasteiger partial charge in [0.1, 0.15) is 24.3 Å². The van der Waals surface area contributed by atoms with Gasteiger partial charge in [-0.3, -0.25) is 9.88 Å². The van der Waals surface area contributed by atoms with Crippen LogP contribution in [-0.4, -0.2) is 49.7 Å². The van der Waals surface area contributed by atoms with Crippen molar-refractivity contribution in [3.05, 3.63) is 82.7 Å². The summed E-state index contributed by atoms with van der Waals surface area (Å²) in [7, 11) is 1.92. The second kappa shape index (κ2) is 11.1. The van der Waals surface area contributed by atoms with Crippen molar-refractivity contribution in [2.24, 2.45) is 7.05 Å². The molecule has 2 aromatic carbocycles. The van der Waals surface area contributed by atoms with E-state index >= 15 is 0 Å². The lowest BCUT2D eigenvalue weighted by atomic mass is 10.1. The van der Waals surface area contributed by atoms with E-state index in [1.165, 1.54) is 12.1 Å². The van der Waals surface area contributed by atoms with Crippen LogP contribution < -0.4 is 9.47 Å². The van der Waals surface area contributed by atoms with Gasteiger partial charge in [-0.05, 0) is 61.7 Å². The summed E-state index contributed by atoms with van der Waals surface area (Å²) in [5.74, 6) is 0.105. The fourth-order valence-electron chi connectivity index (χ4n) is 4.80. The molecule has 0 aliphatic carbocycles. The number of pyridine rings is 1. The molecule has 4 aromatic rings. The van der Waals surface area contributed by atoms with Gasteiger partial charge in [0.2, 0.25) is 0 Å². The van der Waals surface area contributed by atoms with Crippen molar-refractivity contribution in [1.82, 2.24) is 19.4 Å². The Morgan fingerprint density at radius 1 is 1.21 bits per heavy atom. The third kappa shape index (κ3) is 5.84. The summed E-state index contributed by atoms with van der Waals surface area (Å²) in [6.07, 6.45) is 3.38. The molecule has 0 radical (unpaired) electrons. The van der Waals surface area contributed by atoms with Gasteiger partial charge in [0, 0.05) is 32.4 Å². The molecule has 1 saturated heterocycles. The Bertz CT molecular complexity index is 1570. The second-order valence-electron chi connectivity index (χ2n) is 9.67. The number of imidazole rings is 1. The maximum Gasteiger partial charge on any atom is 0.335 e. The van der Waals surface area contributed by atoms with E-state index in [9.17, 15) is 14.3 Å². The number of nitriles is 1. The van der Waals surface area contributed by atoms with Gasteiger partial charge in [0.25, 0.3) is 0 Å². The summed E-state index contributed by atoms with van der Waals surface area (Å²) in [5, 5.41) is 18.3. The molecule has 0 atom stereocenters. The van der Waals surface area contributed by atoms with Crippen molar-refractivity contribution in [3.63, 3.8) is 0 Å². The van der Waals surface area contributed by atoms with Crippen LogP contribution in [0.3, 0.4) is 0 Å². The molecule has 200 valence electrons. The predicted octanol–water partition coefficient (Wildman–Crippen LogP) is 4.61. The average molecular weight is 530 g/mol.